The standard InChI is InChI=1S/C23H38O5Si2/c1-15(2)23(27-29-8,28-30-9)18-12-10-17(14-20(18)26-7)11-13-19(24)16(3)21(25)22(4,5)6/h10-16H,29-30H2,1-9H3/b13-11+. The van der Waals surface area contributed by atoms with Gasteiger partial charge in [-0.1, -0.05) is 59.9 Å². The molecular weight excluding hydrogens is 412 g/mol. The molecule has 1 aromatic rings. The molecule has 30 heavy (non-hydrogen) atoms. The van der Waals surface area contributed by atoms with Crippen molar-refractivity contribution in [2.75, 3.05) is 7.11 Å². The molecule has 0 heterocycles. The van der Waals surface area contributed by atoms with E-state index < -0.39 is 36.6 Å². The molecule has 0 aliphatic heterocycles. The molecule has 1 unspecified atom stereocenters. The molecule has 0 saturated heterocycles. The van der Waals surface area contributed by atoms with E-state index in [1.165, 1.54) is 6.08 Å². The Labute approximate surface area is 186 Å². The highest BCUT2D eigenvalue weighted by atomic mass is 28.2. The minimum atomic E-state index is -0.793. The molecule has 0 N–H and O–H groups in total. The zero-order valence-corrected chi connectivity index (χ0v) is 22.8. The summed E-state index contributed by atoms with van der Waals surface area (Å²) in [5.41, 5.74) is 1.15. The summed E-state index contributed by atoms with van der Waals surface area (Å²) in [5, 5.41) is 0. The zero-order valence-electron chi connectivity index (χ0n) is 20.0. The van der Waals surface area contributed by atoms with Gasteiger partial charge in [0.25, 0.3) is 0 Å². The lowest BCUT2D eigenvalue weighted by atomic mass is 9.82. The summed E-state index contributed by atoms with van der Waals surface area (Å²) in [4.78, 5) is 24.8. The van der Waals surface area contributed by atoms with E-state index in [1.54, 1.807) is 20.1 Å². The summed E-state index contributed by atoms with van der Waals surface area (Å²) < 4.78 is 18.2. The number of carbonyl (C=O) groups excluding carboxylic acids is 2. The molecular formula is C23H38O5Si2. The van der Waals surface area contributed by atoms with Crippen LogP contribution in [0.5, 0.6) is 5.75 Å². The van der Waals surface area contributed by atoms with Gasteiger partial charge in [-0.25, -0.2) is 0 Å². The van der Waals surface area contributed by atoms with E-state index in [-0.39, 0.29) is 17.5 Å². The largest absolute Gasteiger partial charge is 0.496 e. The second kappa shape index (κ2) is 11.2. The van der Waals surface area contributed by atoms with Crippen LogP contribution in [0, 0.1) is 17.3 Å². The number of Topliss-reactive ketones (excluding diaryl/α,β-unsaturated/α-hetero) is 1. The van der Waals surface area contributed by atoms with Gasteiger partial charge in [0.15, 0.2) is 31.1 Å². The monoisotopic (exact) mass is 450 g/mol. The molecule has 0 amide bonds. The van der Waals surface area contributed by atoms with E-state index >= 15 is 0 Å². The third-order valence-electron chi connectivity index (χ3n) is 5.08. The van der Waals surface area contributed by atoms with Crippen LogP contribution in [-0.4, -0.2) is 38.2 Å². The van der Waals surface area contributed by atoms with Gasteiger partial charge < -0.3 is 13.6 Å². The third-order valence-corrected chi connectivity index (χ3v) is 6.51. The second-order valence-corrected chi connectivity index (χ2v) is 10.5. The first-order valence-electron chi connectivity index (χ1n) is 10.7. The third kappa shape index (κ3) is 6.23. The molecule has 0 saturated carbocycles. The number of methoxy groups -OCH3 is 1. The minimum absolute atomic E-state index is 0.0615. The van der Waals surface area contributed by atoms with E-state index in [9.17, 15) is 9.59 Å². The Balaban J connectivity index is 3.25. The van der Waals surface area contributed by atoms with Crippen molar-refractivity contribution >= 4 is 37.2 Å². The van der Waals surface area contributed by atoms with Gasteiger partial charge in [0, 0.05) is 11.3 Å². The van der Waals surface area contributed by atoms with Crippen LogP contribution >= 0.6 is 0 Å². The fourth-order valence-corrected chi connectivity index (χ4v) is 5.64. The van der Waals surface area contributed by atoms with Crippen molar-refractivity contribution in [1.82, 2.24) is 0 Å². The highest BCUT2D eigenvalue weighted by molar-refractivity contribution is 6.26. The van der Waals surface area contributed by atoms with Crippen LogP contribution in [0.15, 0.2) is 24.3 Å². The molecule has 1 atom stereocenters. The summed E-state index contributed by atoms with van der Waals surface area (Å²) >= 11 is 0. The van der Waals surface area contributed by atoms with Gasteiger partial charge in [-0.2, -0.15) is 0 Å². The lowest BCUT2D eigenvalue weighted by Gasteiger charge is -2.39. The van der Waals surface area contributed by atoms with Gasteiger partial charge >= 0.3 is 0 Å². The van der Waals surface area contributed by atoms with Crippen molar-refractivity contribution < 1.29 is 23.2 Å². The maximum Gasteiger partial charge on any atom is 0.181 e. The van der Waals surface area contributed by atoms with E-state index in [2.05, 4.69) is 26.9 Å². The van der Waals surface area contributed by atoms with Gasteiger partial charge in [-0.15, -0.1) is 0 Å². The average molecular weight is 451 g/mol. The van der Waals surface area contributed by atoms with E-state index in [0.717, 1.165) is 11.1 Å². The van der Waals surface area contributed by atoms with Crippen molar-refractivity contribution in [2.45, 2.75) is 60.4 Å². The quantitative estimate of drug-likeness (QED) is 0.223. The van der Waals surface area contributed by atoms with E-state index in [0.29, 0.717) is 5.75 Å². The highest BCUT2D eigenvalue weighted by Crippen LogP contribution is 2.40. The van der Waals surface area contributed by atoms with E-state index in [4.69, 9.17) is 13.6 Å². The second-order valence-electron chi connectivity index (χ2n) is 8.72. The molecule has 0 aliphatic rings. The maximum atomic E-state index is 12.5. The number of ketones is 2. The number of hydrogen-bond acceptors (Lipinski definition) is 5. The summed E-state index contributed by atoms with van der Waals surface area (Å²) in [7, 11) is 0.168. The smallest absolute Gasteiger partial charge is 0.181 e. The molecule has 1 aromatic carbocycles. The van der Waals surface area contributed by atoms with Crippen LogP contribution in [0.2, 0.25) is 13.1 Å². The van der Waals surface area contributed by atoms with Gasteiger partial charge in [0.1, 0.15) is 11.5 Å². The molecule has 0 aromatic heterocycles. The van der Waals surface area contributed by atoms with Gasteiger partial charge in [-0.05, 0) is 30.7 Å². The van der Waals surface area contributed by atoms with Crippen LogP contribution < -0.4 is 4.74 Å². The zero-order chi connectivity index (χ0) is 23.1. The fourth-order valence-electron chi connectivity index (χ4n) is 3.47. The molecule has 1 rings (SSSR count). The summed E-state index contributed by atoms with van der Waals surface area (Å²) in [6.07, 6.45) is 3.20. The minimum Gasteiger partial charge on any atom is -0.496 e. The average Bonchev–Trinajstić information content (AvgIpc) is 2.69. The highest BCUT2D eigenvalue weighted by Gasteiger charge is 2.39. The van der Waals surface area contributed by atoms with Crippen molar-refractivity contribution in [2.24, 2.45) is 17.3 Å². The fraction of sp³-hybridized carbons (Fsp3) is 0.565. The molecule has 0 spiro atoms. The number of hydrogen-bond donors (Lipinski definition) is 0. The van der Waals surface area contributed by atoms with Gasteiger partial charge in [0.2, 0.25) is 0 Å². The lowest BCUT2D eigenvalue weighted by molar-refractivity contribution is -0.157. The van der Waals surface area contributed by atoms with Gasteiger partial charge in [-0.3, -0.25) is 9.59 Å². The summed E-state index contributed by atoms with van der Waals surface area (Å²) in [6.45, 7) is 15.5. The Morgan fingerprint density at radius 3 is 2.03 bits per heavy atom. The van der Waals surface area contributed by atoms with Crippen LogP contribution in [0.1, 0.15) is 52.7 Å². The summed E-state index contributed by atoms with van der Waals surface area (Å²) in [5.74, 6) is -0.926. The van der Waals surface area contributed by atoms with Crippen LogP contribution in [-0.2, 0) is 24.2 Å². The first-order chi connectivity index (χ1) is 13.9. The molecule has 0 bridgehead atoms. The number of ether oxygens (including phenoxy) is 1. The van der Waals surface area contributed by atoms with Gasteiger partial charge in [0.05, 0.1) is 18.6 Å². The number of carbonyl (C=O) groups is 2. The molecule has 0 fully saturated rings. The van der Waals surface area contributed by atoms with Crippen LogP contribution in [0.4, 0.5) is 0 Å². The first-order valence-corrected chi connectivity index (χ1v) is 14.7. The Kier molecular flexibility index (Phi) is 9.87. The Morgan fingerprint density at radius 2 is 1.60 bits per heavy atom. The Hall–Kier alpha value is -1.55. The molecule has 0 aliphatic carbocycles. The first kappa shape index (κ1) is 26.5. The molecule has 0 radical (unpaired) electrons. The van der Waals surface area contributed by atoms with E-state index in [1.807, 2.05) is 39.0 Å². The maximum absolute atomic E-state index is 12.5. The predicted molar refractivity (Wildman–Crippen MR) is 128 cm³/mol. The summed E-state index contributed by atoms with van der Waals surface area (Å²) in [6, 6.07) is 5.77. The SMILES string of the molecule is COc1cc(/C=C/C(=O)C(C)C(=O)C(C)(C)C)ccc1C(O[SiH2]C)(O[SiH2]C)C(C)C. The van der Waals surface area contributed by atoms with Crippen molar-refractivity contribution in [3.63, 3.8) is 0 Å². The van der Waals surface area contributed by atoms with Crippen molar-refractivity contribution in [1.29, 1.82) is 0 Å². The van der Waals surface area contributed by atoms with Crippen LogP contribution in [0.25, 0.3) is 6.08 Å². The van der Waals surface area contributed by atoms with Crippen LogP contribution in [0.3, 0.4) is 0 Å². The number of benzene rings is 1. The van der Waals surface area contributed by atoms with Crippen molar-refractivity contribution in [3.05, 3.63) is 35.4 Å². The Morgan fingerprint density at radius 1 is 1.03 bits per heavy atom. The molecule has 5 nitrogen and oxygen atoms in total. The molecule has 168 valence electrons. The normalized spacial score (nSPS) is 16.1. The number of rotatable bonds is 11. The van der Waals surface area contributed by atoms with Crippen molar-refractivity contribution in [3.8, 4) is 5.75 Å². The topological polar surface area (TPSA) is 61.8 Å². The Bertz CT molecular complexity index is 759. The number of allylic oxidation sites excluding steroid dienone is 1. The predicted octanol–water partition coefficient (Wildman–Crippen LogP) is 3.63. The molecule has 7 heteroatoms. The lowest BCUT2D eigenvalue weighted by Crippen LogP contribution is -2.40.